The minimum Gasteiger partial charge on any atom is -0.493 e. The Bertz CT molecular complexity index is 1130. The standard InChI is InChI=1S/C29H35NO5S/c1-28(2,3)35-27(32)30(4)17-16-29-15-13-22(36-21-9-7-6-8-10-21)19-24(29)34-26-23(33-5)12-11-20(14-18-31)25(26)29/h6-13,15,18,22,24H,14,16-17,19H2,1-5H3/t22-,24+,29+/m1/s1. The van der Waals surface area contributed by atoms with E-state index in [9.17, 15) is 9.59 Å². The van der Waals surface area contributed by atoms with Gasteiger partial charge in [-0.05, 0) is 51.0 Å². The quantitative estimate of drug-likeness (QED) is 0.330. The minimum absolute atomic E-state index is 0.146. The molecule has 0 saturated heterocycles. The van der Waals surface area contributed by atoms with Gasteiger partial charge in [-0.3, -0.25) is 0 Å². The fraction of sp³-hybridized carbons (Fsp3) is 0.448. The Labute approximate surface area is 218 Å². The molecule has 0 fully saturated rings. The van der Waals surface area contributed by atoms with Crippen LogP contribution in [-0.2, 0) is 21.4 Å². The second-order valence-corrected chi connectivity index (χ2v) is 11.7. The van der Waals surface area contributed by atoms with Crippen LogP contribution in [0.2, 0.25) is 0 Å². The first-order valence-corrected chi connectivity index (χ1v) is 13.2. The van der Waals surface area contributed by atoms with E-state index in [2.05, 4.69) is 24.3 Å². The number of carbonyl (C=O) groups excluding carboxylic acids is 2. The molecule has 0 saturated carbocycles. The lowest BCUT2D eigenvalue weighted by Crippen LogP contribution is -2.45. The maximum atomic E-state index is 12.7. The van der Waals surface area contributed by atoms with Gasteiger partial charge in [0, 0.05) is 42.1 Å². The first kappa shape index (κ1) is 26.1. The van der Waals surface area contributed by atoms with Gasteiger partial charge >= 0.3 is 6.09 Å². The molecule has 0 bridgehead atoms. The number of thioether (sulfide) groups is 1. The lowest BCUT2D eigenvalue weighted by atomic mass is 9.68. The Morgan fingerprint density at radius 1 is 1.22 bits per heavy atom. The highest BCUT2D eigenvalue weighted by Crippen LogP contribution is 2.55. The van der Waals surface area contributed by atoms with Crippen LogP contribution >= 0.6 is 11.8 Å². The van der Waals surface area contributed by atoms with Crippen molar-refractivity contribution in [3.05, 3.63) is 65.7 Å². The van der Waals surface area contributed by atoms with Gasteiger partial charge in [-0.2, -0.15) is 0 Å². The molecule has 7 heteroatoms. The number of nitrogens with zero attached hydrogens (tertiary/aromatic N) is 1. The summed E-state index contributed by atoms with van der Waals surface area (Å²) in [7, 11) is 3.39. The van der Waals surface area contributed by atoms with Gasteiger partial charge in [-0.1, -0.05) is 36.4 Å². The number of hydrogen-bond acceptors (Lipinski definition) is 6. The molecule has 0 radical (unpaired) electrons. The summed E-state index contributed by atoms with van der Waals surface area (Å²) in [6.07, 6.45) is 6.65. The maximum absolute atomic E-state index is 12.7. The zero-order chi connectivity index (χ0) is 25.9. The number of fused-ring (bicyclic) bond motifs is 3. The third-order valence-electron chi connectivity index (χ3n) is 6.68. The van der Waals surface area contributed by atoms with Crippen LogP contribution in [0.1, 0.15) is 44.7 Å². The topological polar surface area (TPSA) is 65.1 Å². The van der Waals surface area contributed by atoms with Gasteiger partial charge in [-0.25, -0.2) is 4.79 Å². The van der Waals surface area contributed by atoms with Crippen LogP contribution in [0.25, 0.3) is 0 Å². The first-order chi connectivity index (χ1) is 17.2. The molecule has 1 amide bonds. The molecule has 2 aromatic rings. The summed E-state index contributed by atoms with van der Waals surface area (Å²) in [6, 6.07) is 14.2. The van der Waals surface area contributed by atoms with Crippen LogP contribution < -0.4 is 9.47 Å². The van der Waals surface area contributed by atoms with Crippen molar-refractivity contribution in [1.82, 2.24) is 4.90 Å². The number of hydrogen-bond donors (Lipinski definition) is 0. The molecule has 2 aromatic carbocycles. The van der Waals surface area contributed by atoms with Crippen LogP contribution in [-0.4, -0.2) is 54.9 Å². The monoisotopic (exact) mass is 509 g/mol. The molecule has 1 heterocycles. The van der Waals surface area contributed by atoms with E-state index in [1.54, 1.807) is 19.1 Å². The van der Waals surface area contributed by atoms with Crippen molar-refractivity contribution in [2.75, 3.05) is 20.7 Å². The summed E-state index contributed by atoms with van der Waals surface area (Å²) in [5.74, 6) is 1.37. The van der Waals surface area contributed by atoms with Crippen molar-refractivity contribution in [2.24, 2.45) is 0 Å². The zero-order valence-electron chi connectivity index (χ0n) is 21.7. The van der Waals surface area contributed by atoms with Gasteiger partial charge in [0.25, 0.3) is 0 Å². The predicted octanol–water partition coefficient (Wildman–Crippen LogP) is 5.81. The summed E-state index contributed by atoms with van der Waals surface area (Å²) < 4.78 is 17.8. The molecule has 6 nitrogen and oxygen atoms in total. The van der Waals surface area contributed by atoms with E-state index >= 15 is 0 Å². The fourth-order valence-electron chi connectivity index (χ4n) is 4.99. The zero-order valence-corrected chi connectivity index (χ0v) is 22.5. The molecule has 0 spiro atoms. The van der Waals surface area contributed by atoms with Crippen molar-refractivity contribution in [3.8, 4) is 11.5 Å². The van der Waals surface area contributed by atoms with Crippen LogP contribution in [0.3, 0.4) is 0 Å². The summed E-state index contributed by atoms with van der Waals surface area (Å²) in [4.78, 5) is 27.1. The van der Waals surface area contributed by atoms with Crippen LogP contribution in [0.15, 0.2) is 59.5 Å². The number of methoxy groups -OCH3 is 1. The van der Waals surface area contributed by atoms with E-state index in [0.717, 1.165) is 23.8 Å². The molecular formula is C29H35NO5S. The van der Waals surface area contributed by atoms with Gasteiger partial charge in [0.05, 0.1) is 12.5 Å². The average molecular weight is 510 g/mol. The number of amides is 1. The first-order valence-electron chi connectivity index (χ1n) is 12.3. The molecule has 0 unspecified atom stereocenters. The fourth-order valence-corrected chi connectivity index (χ4v) is 6.08. The lowest BCUT2D eigenvalue weighted by molar-refractivity contribution is -0.107. The maximum Gasteiger partial charge on any atom is 0.410 e. The highest BCUT2D eigenvalue weighted by atomic mass is 32.2. The van der Waals surface area contributed by atoms with Crippen molar-refractivity contribution in [2.45, 2.75) is 67.3 Å². The molecular weight excluding hydrogens is 474 g/mol. The Morgan fingerprint density at radius 3 is 2.64 bits per heavy atom. The van der Waals surface area contributed by atoms with Gasteiger partial charge in [-0.15, -0.1) is 11.8 Å². The van der Waals surface area contributed by atoms with E-state index in [1.165, 1.54) is 4.90 Å². The number of carbonyl (C=O) groups is 2. The second kappa shape index (κ2) is 10.6. The summed E-state index contributed by atoms with van der Waals surface area (Å²) in [5.41, 5.74) is 0.886. The summed E-state index contributed by atoms with van der Waals surface area (Å²) in [6.45, 7) is 6.06. The van der Waals surface area contributed by atoms with E-state index in [-0.39, 0.29) is 17.4 Å². The van der Waals surface area contributed by atoms with Gasteiger partial charge in [0.2, 0.25) is 0 Å². The van der Waals surface area contributed by atoms with E-state index in [4.69, 9.17) is 14.2 Å². The summed E-state index contributed by atoms with van der Waals surface area (Å²) >= 11 is 1.81. The van der Waals surface area contributed by atoms with E-state index < -0.39 is 11.0 Å². The van der Waals surface area contributed by atoms with Gasteiger partial charge in [0.15, 0.2) is 11.5 Å². The van der Waals surface area contributed by atoms with Crippen LogP contribution in [0, 0.1) is 0 Å². The number of rotatable bonds is 8. The SMILES string of the molecule is COc1ccc(CC=O)c2c1O[C@H]1C[C@H](Sc3ccccc3)C=C[C@@]21CCN(C)C(=O)OC(C)(C)C. The molecule has 192 valence electrons. The van der Waals surface area contributed by atoms with Crippen LogP contribution in [0.4, 0.5) is 4.79 Å². The van der Waals surface area contributed by atoms with Crippen molar-refractivity contribution >= 4 is 24.1 Å². The number of ether oxygens (including phenoxy) is 3. The smallest absolute Gasteiger partial charge is 0.410 e. The third kappa shape index (κ3) is 5.41. The van der Waals surface area contributed by atoms with Gasteiger partial charge in [0.1, 0.15) is 18.0 Å². The molecule has 1 aliphatic heterocycles. The normalized spacial score (nSPS) is 22.2. The lowest BCUT2D eigenvalue weighted by Gasteiger charge is -2.38. The molecule has 1 aliphatic carbocycles. The molecule has 36 heavy (non-hydrogen) atoms. The van der Waals surface area contributed by atoms with E-state index in [1.807, 2.05) is 62.9 Å². The van der Waals surface area contributed by atoms with Gasteiger partial charge < -0.3 is 23.9 Å². The molecule has 2 aliphatic rings. The predicted molar refractivity (Wildman–Crippen MR) is 142 cm³/mol. The largest absolute Gasteiger partial charge is 0.493 e. The average Bonchev–Trinajstić information content (AvgIpc) is 3.17. The Hall–Kier alpha value is -2.93. The Balaban J connectivity index is 1.68. The van der Waals surface area contributed by atoms with Crippen LogP contribution in [0.5, 0.6) is 11.5 Å². The van der Waals surface area contributed by atoms with Crippen molar-refractivity contribution in [3.63, 3.8) is 0 Å². The summed E-state index contributed by atoms with van der Waals surface area (Å²) in [5, 5.41) is 0.240. The highest BCUT2D eigenvalue weighted by Gasteiger charge is 2.52. The number of aldehydes is 1. The van der Waals surface area contributed by atoms with E-state index in [0.29, 0.717) is 30.9 Å². The second-order valence-electron chi connectivity index (χ2n) is 10.4. The number of benzene rings is 2. The minimum atomic E-state index is -0.563. The third-order valence-corrected chi connectivity index (χ3v) is 7.88. The molecule has 0 aromatic heterocycles. The highest BCUT2D eigenvalue weighted by molar-refractivity contribution is 8.00. The Kier molecular flexibility index (Phi) is 7.69. The van der Waals surface area contributed by atoms with Crippen molar-refractivity contribution in [1.29, 1.82) is 0 Å². The Morgan fingerprint density at radius 2 is 1.97 bits per heavy atom. The van der Waals surface area contributed by atoms with Crippen molar-refractivity contribution < 1.29 is 23.8 Å². The molecule has 4 rings (SSSR count). The molecule has 3 atom stereocenters. The molecule has 0 N–H and O–H groups in total.